The zero-order valence-electron chi connectivity index (χ0n) is 16.7. The molecular weight excluding hydrogens is 631 g/mol. The average molecular weight is 646 g/mol. The van der Waals surface area contributed by atoms with Gasteiger partial charge in [-0.1, -0.05) is 17.7 Å². The summed E-state index contributed by atoms with van der Waals surface area (Å²) in [5.41, 5.74) is 1.60. The zero-order chi connectivity index (χ0) is 23.9. The predicted octanol–water partition coefficient (Wildman–Crippen LogP) is 5.84. The Bertz CT molecular complexity index is 1290. The van der Waals surface area contributed by atoms with Gasteiger partial charge in [-0.2, -0.15) is 4.31 Å². The van der Waals surface area contributed by atoms with Crippen LogP contribution in [0.4, 0.5) is 18.3 Å². The number of thiazole rings is 1. The van der Waals surface area contributed by atoms with E-state index in [-0.39, 0.29) is 22.6 Å². The van der Waals surface area contributed by atoms with Crippen molar-refractivity contribution < 1.29 is 21.6 Å². The number of hydrogen-bond acceptors (Lipinski definition) is 5. The third kappa shape index (κ3) is 5.10. The van der Waals surface area contributed by atoms with Crippen LogP contribution in [0.1, 0.15) is 11.3 Å². The van der Waals surface area contributed by atoms with E-state index in [2.05, 4.69) is 36.8 Å². The van der Waals surface area contributed by atoms with Crippen LogP contribution >= 0.6 is 54.8 Å². The second-order valence-corrected chi connectivity index (χ2v) is 12.0. The van der Waals surface area contributed by atoms with Crippen molar-refractivity contribution in [2.45, 2.75) is 11.3 Å². The van der Waals surface area contributed by atoms with Gasteiger partial charge < -0.3 is 4.90 Å². The number of benzene rings is 2. The number of halogens is 6. The highest BCUT2D eigenvalue weighted by Gasteiger charge is 2.35. The van der Waals surface area contributed by atoms with E-state index in [1.165, 1.54) is 17.4 Å². The molecule has 1 aliphatic rings. The Labute approximate surface area is 214 Å². The number of piperazine rings is 1. The predicted molar refractivity (Wildman–Crippen MR) is 129 cm³/mol. The molecule has 3 aromatic rings. The van der Waals surface area contributed by atoms with E-state index < -0.39 is 36.8 Å². The SMILES string of the molecule is O=S(=O)(c1c(F)c(Br)cc(F)c1Br)N1CCN(c2nc(Cc3ccc(F)c(Cl)c3)cs2)CC1. The maximum atomic E-state index is 14.6. The van der Waals surface area contributed by atoms with Crippen molar-refractivity contribution in [2.24, 2.45) is 0 Å². The standard InChI is InChI=1S/C20H15Br2ClF3N3O2S2/c21-13-9-16(25)17(22)19(18(13)26)33(30,31)29-5-3-28(4-6-29)20-27-12(10-32-20)7-11-1-2-15(24)14(23)8-11/h1-2,8-10H,3-7H2. The molecular formula is C20H15Br2ClF3N3O2S2. The molecule has 33 heavy (non-hydrogen) atoms. The Morgan fingerprint density at radius 1 is 1.06 bits per heavy atom. The molecule has 0 bridgehead atoms. The Balaban J connectivity index is 1.46. The molecule has 0 atom stereocenters. The van der Waals surface area contributed by atoms with E-state index in [1.54, 1.807) is 12.1 Å². The normalized spacial score (nSPS) is 15.3. The first-order chi connectivity index (χ1) is 15.6. The van der Waals surface area contributed by atoms with Crippen LogP contribution < -0.4 is 4.90 Å². The molecule has 1 aromatic heterocycles. The Morgan fingerprint density at radius 3 is 2.42 bits per heavy atom. The van der Waals surface area contributed by atoms with Crippen molar-refractivity contribution in [1.29, 1.82) is 0 Å². The van der Waals surface area contributed by atoms with Crippen molar-refractivity contribution in [2.75, 3.05) is 31.1 Å². The largest absolute Gasteiger partial charge is 0.345 e. The maximum Gasteiger partial charge on any atom is 0.247 e. The number of sulfonamides is 1. The lowest BCUT2D eigenvalue weighted by Crippen LogP contribution is -2.49. The molecule has 0 N–H and O–H groups in total. The molecule has 4 rings (SSSR count). The summed E-state index contributed by atoms with van der Waals surface area (Å²) < 4.78 is 68.5. The molecule has 5 nitrogen and oxygen atoms in total. The van der Waals surface area contributed by atoms with Crippen LogP contribution in [0, 0.1) is 17.5 Å². The molecule has 1 fully saturated rings. The number of anilines is 1. The fourth-order valence-corrected chi connectivity index (χ4v) is 7.49. The molecule has 1 aliphatic heterocycles. The number of aromatic nitrogens is 1. The minimum absolute atomic E-state index is 0.0497. The minimum Gasteiger partial charge on any atom is -0.345 e. The minimum atomic E-state index is -4.26. The van der Waals surface area contributed by atoms with Gasteiger partial charge in [0.1, 0.15) is 16.5 Å². The highest BCUT2D eigenvalue weighted by Crippen LogP contribution is 2.35. The molecule has 0 saturated carbocycles. The van der Waals surface area contributed by atoms with Crippen LogP contribution in [-0.2, 0) is 16.4 Å². The summed E-state index contributed by atoms with van der Waals surface area (Å²) in [5, 5.41) is 2.65. The maximum absolute atomic E-state index is 14.6. The zero-order valence-corrected chi connectivity index (χ0v) is 22.2. The lowest BCUT2D eigenvalue weighted by atomic mass is 10.1. The van der Waals surface area contributed by atoms with E-state index in [9.17, 15) is 21.6 Å². The van der Waals surface area contributed by atoms with Gasteiger partial charge in [-0.05, 0) is 55.6 Å². The van der Waals surface area contributed by atoms with Gasteiger partial charge in [0.25, 0.3) is 0 Å². The van der Waals surface area contributed by atoms with Gasteiger partial charge in [-0.25, -0.2) is 26.6 Å². The summed E-state index contributed by atoms with van der Waals surface area (Å²) >= 11 is 13.0. The molecule has 0 amide bonds. The second kappa shape index (κ2) is 9.82. The number of rotatable bonds is 5. The van der Waals surface area contributed by atoms with Crippen LogP contribution in [0.3, 0.4) is 0 Å². The van der Waals surface area contributed by atoms with E-state index >= 15 is 0 Å². The number of nitrogens with zero attached hydrogens (tertiary/aromatic N) is 3. The summed E-state index contributed by atoms with van der Waals surface area (Å²) in [6.45, 7) is 0.851. The van der Waals surface area contributed by atoms with E-state index in [1.807, 2.05) is 10.3 Å². The quantitative estimate of drug-likeness (QED) is 0.328. The van der Waals surface area contributed by atoms with Gasteiger partial charge in [0.05, 0.1) is 19.7 Å². The van der Waals surface area contributed by atoms with Crippen LogP contribution in [0.5, 0.6) is 0 Å². The first kappa shape index (κ1) is 24.9. The van der Waals surface area contributed by atoms with E-state index in [0.717, 1.165) is 26.8 Å². The van der Waals surface area contributed by atoms with Crippen LogP contribution in [0.25, 0.3) is 0 Å². The summed E-state index contributed by atoms with van der Waals surface area (Å²) in [7, 11) is -4.26. The Morgan fingerprint density at radius 2 is 1.76 bits per heavy atom. The van der Waals surface area contributed by atoms with E-state index in [0.29, 0.717) is 19.5 Å². The highest BCUT2D eigenvalue weighted by atomic mass is 79.9. The topological polar surface area (TPSA) is 53.5 Å². The van der Waals surface area contributed by atoms with Gasteiger partial charge >= 0.3 is 0 Å². The first-order valence-corrected chi connectivity index (χ1v) is 13.8. The lowest BCUT2D eigenvalue weighted by Gasteiger charge is -2.34. The third-order valence-corrected chi connectivity index (χ3v) is 9.89. The molecule has 0 aliphatic carbocycles. The molecule has 2 heterocycles. The van der Waals surface area contributed by atoms with Crippen LogP contribution in [0.15, 0.2) is 43.5 Å². The smallest absolute Gasteiger partial charge is 0.247 e. The van der Waals surface area contributed by atoms with Crippen molar-refractivity contribution in [3.8, 4) is 0 Å². The van der Waals surface area contributed by atoms with Crippen molar-refractivity contribution in [3.05, 3.63) is 72.3 Å². The Hall–Kier alpha value is -1.18. The van der Waals surface area contributed by atoms with E-state index in [4.69, 9.17) is 11.6 Å². The van der Waals surface area contributed by atoms with Crippen molar-refractivity contribution >= 4 is 70.0 Å². The number of hydrogen-bond donors (Lipinski definition) is 0. The molecule has 176 valence electrons. The first-order valence-electron chi connectivity index (χ1n) is 9.54. The molecule has 0 spiro atoms. The molecule has 2 aromatic carbocycles. The third-order valence-electron chi connectivity index (χ3n) is 5.09. The van der Waals surface area contributed by atoms with Gasteiger partial charge in [-0.3, -0.25) is 0 Å². The molecule has 0 radical (unpaired) electrons. The summed E-state index contributed by atoms with van der Waals surface area (Å²) in [4.78, 5) is 5.81. The Kier molecular flexibility index (Phi) is 7.42. The van der Waals surface area contributed by atoms with Gasteiger partial charge in [0.2, 0.25) is 10.0 Å². The monoisotopic (exact) mass is 643 g/mol. The summed E-state index contributed by atoms with van der Waals surface area (Å²) in [6.07, 6.45) is 0.479. The van der Waals surface area contributed by atoms with Crippen molar-refractivity contribution in [1.82, 2.24) is 9.29 Å². The lowest BCUT2D eigenvalue weighted by molar-refractivity contribution is 0.381. The molecule has 0 unspecified atom stereocenters. The van der Waals surface area contributed by atoms with Gasteiger partial charge in [0, 0.05) is 38.0 Å². The van der Waals surface area contributed by atoms with Gasteiger partial charge in [-0.15, -0.1) is 11.3 Å². The van der Waals surface area contributed by atoms with Gasteiger partial charge in [0.15, 0.2) is 10.9 Å². The summed E-state index contributed by atoms with van der Waals surface area (Å²) in [6, 6.07) is 5.38. The molecule has 1 saturated heterocycles. The summed E-state index contributed by atoms with van der Waals surface area (Å²) in [5.74, 6) is -2.40. The fourth-order valence-electron chi connectivity index (χ4n) is 3.41. The average Bonchev–Trinajstić information content (AvgIpc) is 3.23. The van der Waals surface area contributed by atoms with Crippen LogP contribution in [-0.4, -0.2) is 43.9 Å². The van der Waals surface area contributed by atoms with Crippen molar-refractivity contribution in [3.63, 3.8) is 0 Å². The fraction of sp³-hybridized carbons (Fsp3) is 0.250. The highest BCUT2D eigenvalue weighted by molar-refractivity contribution is 9.11. The second-order valence-electron chi connectivity index (χ2n) is 7.24. The molecule has 13 heteroatoms. The van der Waals surface area contributed by atoms with Crippen LogP contribution in [0.2, 0.25) is 5.02 Å².